The average Bonchev–Trinajstić information content (AvgIpc) is 2.93. The van der Waals surface area contributed by atoms with E-state index < -0.39 is 15.8 Å². The number of carbonyl (C=O) groups excluding carboxylic acids is 1. The van der Waals surface area contributed by atoms with E-state index in [2.05, 4.69) is 23.3 Å². The molecule has 1 amide bonds. The van der Waals surface area contributed by atoms with Gasteiger partial charge in [0, 0.05) is 13.2 Å². The van der Waals surface area contributed by atoms with E-state index in [-0.39, 0.29) is 25.7 Å². The number of aliphatic hydroxyl groups excluding tert-OH is 2. The second-order valence-electron chi connectivity index (χ2n) is 10.2. The minimum absolute atomic E-state index is 0.00491. The zero-order valence-electron chi connectivity index (χ0n) is 26.2. The van der Waals surface area contributed by atoms with Crippen molar-refractivity contribution in [1.29, 1.82) is 0 Å². The molecule has 10 nitrogen and oxygen atoms in total. The molecule has 0 rings (SSSR count). The number of primary amides is 1. The summed E-state index contributed by atoms with van der Waals surface area (Å²) < 4.78 is 43.0. The molecule has 0 aliphatic heterocycles. The number of ether oxygens (including phenoxy) is 2. The number of quaternary nitrogens is 1. The number of allylic oxidation sites excluding steroid dienone is 2. The minimum Gasteiger partial charge on any atom is -0.726 e. The molecule has 0 saturated heterocycles. The van der Waals surface area contributed by atoms with Gasteiger partial charge in [0.2, 0.25) is 10.4 Å². The second-order valence-corrected chi connectivity index (χ2v) is 11.3. The first-order valence-electron chi connectivity index (χ1n) is 15.7. The highest BCUT2D eigenvalue weighted by Gasteiger charge is 2.40. The van der Waals surface area contributed by atoms with Crippen LogP contribution in [0.3, 0.4) is 0 Å². The molecule has 0 unspecified atom stereocenters. The van der Waals surface area contributed by atoms with Gasteiger partial charge in [0.15, 0.2) is 0 Å². The molecule has 0 aromatic heterocycles. The SMILES string of the molecule is CCCCCCCC/C=C\CCCCCCC(CCOCCO)(CCOCCO)C(=O)[NH2+]CC.CCOS(=O)(=O)[O-]. The summed E-state index contributed by atoms with van der Waals surface area (Å²) in [7, 11) is -4.42. The Morgan fingerprint density at radius 2 is 1.24 bits per heavy atom. The Morgan fingerprint density at radius 1 is 0.756 bits per heavy atom. The summed E-state index contributed by atoms with van der Waals surface area (Å²) in [4.78, 5) is 13.1. The van der Waals surface area contributed by atoms with Crippen molar-refractivity contribution in [3.05, 3.63) is 12.2 Å². The summed E-state index contributed by atoms with van der Waals surface area (Å²) in [6.45, 7) is 7.83. The van der Waals surface area contributed by atoms with Crippen molar-refractivity contribution in [1.82, 2.24) is 0 Å². The van der Waals surface area contributed by atoms with E-state index in [1.54, 1.807) is 5.32 Å². The Bertz CT molecular complexity index is 690. The van der Waals surface area contributed by atoms with E-state index in [0.717, 1.165) is 32.2 Å². The number of nitrogens with two attached hydrogens (primary N) is 1. The Kier molecular flexibility index (Phi) is 31.4. The summed E-state index contributed by atoms with van der Waals surface area (Å²) >= 11 is 0. The monoisotopic (exact) mass is 611 g/mol. The third kappa shape index (κ3) is 29.0. The normalized spacial score (nSPS) is 12.0. The molecular formula is C30H61NO9S. The third-order valence-corrected chi connectivity index (χ3v) is 7.29. The molecule has 0 bridgehead atoms. The van der Waals surface area contributed by atoms with Crippen LogP contribution in [0.15, 0.2) is 12.2 Å². The van der Waals surface area contributed by atoms with Crippen molar-refractivity contribution in [3.63, 3.8) is 0 Å². The first kappa shape index (κ1) is 42.2. The van der Waals surface area contributed by atoms with Gasteiger partial charge >= 0.3 is 5.91 Å². The third-order valence-electron chi connectivity index (χ3n) is 6.76. The largest absolute Gasteiger partial charge is 0.726 e. The molecule has 11 heteroatoms. The van der Waals surface area contributed by atoms with Gasteiger partial charge in [0.1, 0.15) is 0 Å². The van der Waals surface area contributed by atoms with E-state index in [9.17, 15) is 17.8 Å². The van der Waals surface area contributed by atoms with Gasteiger partial charge in [-0.1, -0.05) is 70.4 Å². The fourth-order valence-corrected chi connectivity index (χ4v) is 4.81. The Balaban J connectivity index is 0. The molecule has 246 valence electrons. The maximum absolute atomic E-state index is 13.1. The number of carbonyl (C=O) groups is 1. The van der Waals surface area contributed by atoms with Gasteiger partial charge in [-0.15, -0.1) is 0 Å². The molecule has 0 saturated carbocycles. The standard InChI is InChI=1S/C28H55NO5.C2H6O4S/c1-3-5-6-7-8-9-10-11-12-13-14-15-16-17-18-28(27(32)29-4-2,19-23-33-25-21-30)20-24-34-26-22-31;1-2-6-7(3,4)5/h11-12,30-31H,3-10,13-26H2,1-2H3,(H,29,32);2H2,1H3,(H,3,4,5)/b12-11-;. The van der Waals surface area contributed by atoms with Gasteiger partial charge in [-0.05, 0) is 58.8 Å². The van der Waals surface area contributed by atoms with Crippen molar-refractivity contribution < 1.29 is 47.0 Å². The van der Waals surface area contributed by atoms with Crippen molar-refractivity contribution in [3.8, 4) is 0 Å². The maximum Gasteiger partial charge on any atom is 0.316 e. The lowest BCUT2D eigenvalue weighted by Crippen LogP contribution is -2.90. The van der Waals surface area contributed by atoms with Gasteiger partial charge in [-0.25, -0.2) is 13.2 Å². The number of rotatable bonds is 28. The summed E-state index contributed by atoms with van der Waals surface area (Å²) in [6.07, 6.45) is 21.8. The smallest absolute Gasteiger partial charge is 0.316 e. The molecule has 0 aromatic carbocycles. The maximum atomic E-state index is 13.1. The predicted molar refractivity (Wildman–Crippen MR) is 161 cm³/mol. The van der Waals surface area contributed by atoms with E-state index in [4.69, 9.17) is 19.7 Å². The zero-order chi connectivity index (χ0) is 31.1. The lowest BCUT2D eigenvalue weighted by molar-refractivity contribution is -0.572. The van der Waals surface area contributed by atoms with E-state index >= 15 is 0 Å². The Hall–Kier alpha value is -0.920. The van der Waals surface area contributed by atoms with Crippen LogP contribution in [0.4, 0.5) is 0 Å². The molecule has 0 atom stereocenters. The first-order chi connectivity index (χ1) is 19.7. The molecule has 0 spiro atoms. The van der Waals surface area contributed by atoms with Crippen molar-refractivity contribution in [2.24, 2.45) is 5.41 Å². The number of amides is 1. The van der Waals surface area contributed by atoms with Gasteiger partial charge in [0.05, 0.1) is 45.0 Å². The van der Waals surface area contributed by atoms with Gasteiger partial charge < -0.3 is 24.2 Å². The molecule has 0 aromatic rings. The number of unbranched alkanes of at least 4 members (excludes halogenated alkanes) is 10. The van der Waals surface area contributed by atoms with Gasteiger partial charge in [-0.3, -0.25) is 9.50 Å². The van der Waals surface area contributed by atoms with Crippen LogP contribution >= 0.6 is 0 Å². The summed E-state index contributed by atoms with van der Waals surface area (Å²) in [5.74, 6) is 0.188. The quantitative estimate of drug-likeness (QED) is 0.0514. The molecule has 0 heterocycles. The average molecular weight is 612 g/mol. The number of hydrogen-bond donors (Lipinski definition) is 3. The molecule has 0 aliphatic rings. The molecular weight excluding hydrogens is 550 g/mol. The fraction of sp³-hybridized carbons (Fsp3) is 0.900. The topological polar surface area (TPSA) is 159 Å². The molecule has 0 fully saturated rings. The summed E-state index contributed by atoms with van der Waals surface area (Å²) in [5, 5.41) is 19.8. The van der Waals surface area contributed by atoms with Crippen LogP contribution in [0.5, 0.6) is 0 Å². The van der Waals surface area contributed by atoms with Crippen molar-refractivity contribution in [2.75, 3.05) is 52.8 Å². The molecule has 0 radical (unpaired) electrons. The van der Waals surface area contributed by atoms with Crippen LogP contribution in [-0.2, 0) is 28.9 Å². The van der Waals surface area contributed by atoms with E-state index in [1.807, 2.05) is 6.92 Å². The highest BCUT2D eigenvalue weighted by molar-refractivity contribution is 7.80. The lowest BCUT2D eigenvalue weighted by Gasteiger charge is -2.30. The Morgan fingerprint density at radius 3 is 1.66 bits per heavy atom. The van der Waals surface area contributed by atoms with E-state index in [0.29, 0.717) is 39.3 Å². The highest BCUT2D eigenvalue weighted by Crippen LogP contribution is 2.33. The summed E-state index contributed by atoms with van der Waals surface area (Å²) in [5.41, 5.74) is -0.474. The van der Waals surface area contributed by atoms with Crippen LogP contribution in [0.1, 0.15) is 117 Å². The second kappa shape index (κ2) is 30.5. The van der Waals surface area contributed by atoms with E-state index in [1.165, 1.54) is 64.7 Å². The first-order valence-corrected chi connectivity index (χ1v) is 17.1. The van der Waals surface area contributed by atoms with Crippen LogP contribution in [0.25, 0.3) is 0 Å². The van der Waals surface area contributed by atoms with Gasteiger partial charge in [0.25, 0.3) is 0 Å². The summed E-state index contributed by atoms with van der Waals surface area (Å²) in [6, 6.07) is 0. The van der Waals surface area contributed by atoms with Crippen molar-refractivity contribution in [2.45, 2.75) is 117 Å². The number of aliphatic hydroxyl groups is 2. The number of hydrogen-bond acceptors (Lipinski definition) is 9. The van der Waals surface area contributed by atoms with Crippen LogP contribution in [0.2, 0.25) is 0 Å². The predicted octanol–water partition coefficient (Wildman–Crippen LogP) is 4.01. The molecule has 41 heavy (non-hydrogen) atoms. The molecule has 0 aliphatic carbocycles. The lowest BCUT2D eigenvalue weighted by atomic mass is 9.76. The van der Waals surface area contributed by atoms with Gasteiger partial charge in [-0.2, -0.15) is 0 Å². The minimum atomic E-state index is -4.42. The van der Waals surface area contributed by atoms with Crippen molar-refractivity contribution >= 4 is 16.3 Å². The molecule has 4 N–H and O–H groups in total. The zero-order valence-corrected chi connectivity index (χ0v) is 27.0. The van der Waals surface area contributed by atoms with Crippen LogP contribution in [-0.4, -0.2) is 81.9 Å². The Labute approximate surface area is 250 Å². The highest BCUT2D eigenvalue weighted by atomic mass is 32.3. The fourth-order valence-electron chi connectivity index (χ4n) is 4.52. The van der Waals surface area contributed by atoms with Crippen LogP contribution in [0, 0.1) is 5.41 Å². The van der Waals surface area contributed by atoms with Crippen LogP contribution < -0.4 is 5.32 Å².